The largest absolute Gasteiger partial charge is 0.506 e. The summed E-state index contributed by atoms with van der Waals surface area (Å²) >= 11 is 0. The summed E-state index contributed by atoms with van der Waals surface area (Å²) in [4.78, 5) is 11.5. The van der Waals surface area contributed by atoms with Crippen LogP contribution in [0.4, 0.5) is 5.69 Å². The van der Waals surface area contributed by atoms with Gasteiger partial charge in [-0.05, 0) is 30.5 Å². The number of carbonyl (C=O) groups is 1. The molecule has 4 nitrogen and oxygen atoms in total. The highest BCUT2D eigenvalue weighted by Gasteiger charge is 2.09. The number of benzene rings is 1. The molecule has 0 fully saturated rings. The highest BCUT2D eigenvalue weighted by molar-refractivity contribution is 5.90. The van der Waals surface area contributed by atoms with Crippen LogP contribution in [0.25, 0.3) is 0 Å². The minimum absolute atomic E-state index is 0.0988. The third-order valence-electron chi connectivity index (χ3n) is 2.19. The van der Waals surface area contributed by atoms with Crippen LogP contribution in [0.15, 0.2) is 18.2 Å². The van der Waals surface area contributed by atoms with Crippen LogP contribution in [-0.2, 0) is 4.74 Å². The number of phenolic OH excluding ortho intramolecular Hbond substituents is 1. The van der Waals surface area contributed by atoms with Crippen molar-refractivity contribution in [3.63, 3.8) is 0 Å². The highest BCUT2D eigenvalue weighted by Crippen LogP contribution is 2.21. The summed E-state index contributed by atoms with van der Waals surface area (Å²) in [6.45, 7) is 4.51. The number of aromatic hydroxyl groups is 1. The predicted octanol–water partition coefficient (Wildman–Crippen LogP) is 2.18. The molecule has 4 heteroatoms. The van der Waals surface area contributed by atoms with Gasteiger partial charge in [0, 0.05) is 0 Å². The highest BCUT2D eigenvalue weighted by atomic mass is 16.5. The molecule has 0 aliphatic rings. The van der Waals surface area contributed by atoms with E-state index < -0.39 is 5.97 Å². The predicted molar refractivity (Wildman–Crippen MR) is 62.3 cm³/mol. The Labute approximate surface area is 95.0 Å². The maximum absolute atomic E-state index is 11.5. The minimum Gasteiger partial charge on any atom is -0.506 e. The number of phenols is 1. The molecule has 0 heterocycles. The van der Waals surface area contributed by atoms with Gasteiger partial charge in [-0.3, -0.25) is 0 Å². The molecule has 0 unspecified atom stereocenters. The lowest BCUT2D eigenvalue weighted by Gasteiger charge is -2.07. The van der Waals surface area contributed by atoms with Crippen LogP contribution < -0.4 is 5.73 Å². The molecule has 1 aromatic rings. The van der Waals surface area contributed by atoms with E-state index in [9.17, 15) is 9.90 Å². The molecule has 0 amide bonds. The third kappa shape index (κ3) is 3.46. The molecule has 0 atom stereocenters. The number of rotatable bonds is 4. The second-order valence-electron chi connectivity index (χ2n) is 4.09. The quantitative estimate of drug-likeness (QED) is 0.466. The van der Waals surface area contributed by atoms with Gasteiger partial charge in [-0.1, -0.05) is 13.8 Å². The SMILES string of the molecule is CC(C)CCOC(=O)c1ccc(N)c(O)c1. The van der Waals surface area contributed by atoms with E-state index in [1.807, 2.05) is 0 Å². The third-order valence-corrected chi connectivity index (χ3v) is 2.19. The van der Waals surface area contributed by atoms with Crippen LogP contribution in [0.1, 0.15) is 30.6 Å². The molecule has 88 valence electrons. The van der Waals surface area contributed by atoms with Crippen molar-refractivity contribution in [3.8, 4) is 5.75 Å². The zero-order valence-corrected chi connectivity index (χ0v) is 9.56. The normalized spacial score (nSPS) is 10.4. The summed E-state index contributed by atoms with van der Waals surface area (Å²) in [7, 11) is 0. The monoisotopic (exact) mass is 223 g/mol. The minimum atomic E-state index is -0.434. The van der Waals surface area contributed by atoms with Gasteiger partial charge < -0.3 is 15.6 Å². The lowest BCUT2D eigenvalue weighted by atomic mass is 10.1. The number of nitrogens with two attached hydrogens (primary N) is 1. The topological polar surface area (TPSA) is 72.5 Å². The Bertz CT molecular complexity index is 375. The molecule has 0 bridgehead atoms. The van der Waals surface area contributed by atoms with E-state index in [-0.39, 0.29) is 11.4 Å². The lowest BCUT2D eigenvalue weighted by Crippen LogP contribution is -2.08. The zero-order valence-electron chi connectivity index (χ0n) is 9.56. The Morgan fingerprint density at radius 1 is 1.50 bits per heavy atom. The number of hydrogen-bond donors (Lipinski definition) is 2. The van der Waals surface area contributed by atoms with Crippen LogP contribution in [0.2, 0.25) is 0 Å². The van der Waals surface area contributed by atoms with Crippen molar-refractivity contribution < 1.29 is 14.6 Å². The van der Waals surface area contributed by atoms with E-state index in [0.717, 1.165) is 6.42 Å². The van der Waals surface area contributed by atoms with Crippen molar-refractivity contribution >= 4 is 11.7 Å². The molecule has 0 spiro atoms. The van der Waals surface area contributed by atoms with Crippen LogP contribution in [0.3, 0.4) is 0 Å². The smallest absolute Gasteiger partial charge is 0.338 e. The number of ether oxygens (including phenoxy) is 1. The Morgan fingerprint density at radius 3 is 2.75 bits per heavy atom. The van der Waals surface area contributed by atoms with Crippen molar-refractivity contribution in [3.05, 3.63) is 23.8 Å². The van der Waals surface area contributed by atoms with E-state index in [2.05, 4.69) is 13.8 Å². The molecule has 0 aromatic heterocycles. The first kappa shape index (κ1) is 12.4. The second kappa shape index (κ2) is 5.39. The number of hydrogen-bond acceptors (Lipinski definition) is 4. The molecule has 16 heavy (non-hydrogen) atoms. The molecule has 3 N–H and O–H groups in total. The van der Waals surface area contributed by atoms with Crippen molar-refractivity contribution in [2.75, 3.05) is 12.3 Å². The Kier molecular flexibility index (Phi) is 4.17. The number of esters is 1. The van der Waals surface area contributed by atoms with Gasteiger partial charge in [0.2, 0.25) is 0 Å². The van der Waals surface area contributed by atoms with Crippen LogP contribution in [-0.4, -0.2) is 17.7 Å². The van der Waals surface area contributed by atoms with Gasteiger partial charge in [-0.2, -0.15) is 0 Å². The van der Waals surface area contributed by atoms with E-state index in [1.54, 1.807) is 0 Å². The maximum Gasteiger partial charge on any atom is 0.338 e. The molecule has 0 radical (unpaired) electrons. The summed E-state index contributed by atoms with van der Waals surface area (Å²) in [6, 6.07) is 4.33. The summed E-state index contributed by atoms with van der Waals surface area (Å²) in [6.07, 6.45) is 0.826. The van der Waals surface area contributed by atoms with Gasteiger partial charge in [-0.15, -0.1) is 0 Å². The Hall–Kier alpha value is -1.71. The van der Waals surface area contributed by atoms with Gasteiger partial charge in [0.05, 0.1) is 17.9 Å². The second-order valence-corrected chi connectivity index (χ2v) is 4.09. The molecule has 0 aliphatic carbocycles. The molecule has 1 rings (SSSR count). The van der Waals surface area contributed by atoms with Crippen molar-refractivity contribution in [1.29, 1.82) is 0 Å². The van der Waals surface area contributed by atoms with Crippen LogP contribution in [0, 0.1) is 5.92 Å². The van der Waals surface area contributed by atoms with Gasteiger partial charge in [-0.25, -0.2) is 4.79 Å². The van der Waals surface area contributed by atoms with Gasteiger partial charge in [0.25, 0.3) is 0 Å². The molecular formula is C12H17NO3. The summed E-state index contributed by atoms with van der Waals surface area (Å²) in [5.41, 5.74) is 5.99. The fourth-order valence-electron chi connectivity index (χ4n) is 1.14. The maximum atomic E-state index is 11.5. The van der Waals surface area contributed by atoms with E-state index in [1.165, 1.54) is 18.2 Å². The van der Waals surface area contributed by atoms with Crippen molar-refractivity contribution in [1.82, 2.24) is 0 Å². The van der Waals surface area contributed by atoms with Crippen molar-refractivity contribution in [2.45, 2.75) is 20.3 Å². The fourth-order valence-corrected chi connectivity index (χ4v) is 1.14. The van der Waals surface area contributed by atoms with Crippen LogP contribution in [0.5, 0.6) is 5.75 Å². The molecule has 0 saturated heterocycles. The summed E-state index contributed by atoms with van der Waals surface area (Å²) in [5.74, 6) is -0.0399. The average molecular weight is 223 g/mol. The number of anilines is 1. The van der Waals surface area contributed by atoms with Crippen molar-refractivity contribution in [2.24, 2.45) is 5.92 Å². The summed E-state index contributed by atoms with van der Waals surface area (Å²) < 4.78 is 5.04. The number of nitrogen functional groups attached to an aromatic ring is 1. The Balaban J connectivity index is 2.56. The van der Waals surface area contributed by atoms with E-state index >= 15 is 0 Å². The van der Waals surface area contributed by atoms with Crippen LogP contribution >= 0.6 is 0 Å². The zero-order chi connectivity index (χ0) is 12.1. The molecule has 0 saturated carbocycles. The number of carbonyl (C=O) groups excluding carboxylic acids is 1. The summed E-state index contributed by atoms with van der Waals surface area (Å²) in [5, 5.41) is 9.33. The first-order chi connectivity index (χ1) is 7.50. The van der Waals surface area contributed by atoms with E-state index in [4.69, 9.17) is 10.5 Å². The van der Waals surface area contributed by atoms with E-state index in [0.29, 0.717) is 18.1 Å². The van der Waals surface area contributed by atoms with Gasteiger partial charge in [0.15, 0.2) is 0 Å². The lowest BCUT2D eigenvalue weighted by molar-refractivity contribution is 0.0487. The Morgan fingerprint density at radius 2 is 2.19 bits per heavy atom. The molecular weight excluding hydrogens is 206 g/mol. The van der Waals surface area contributed by atoms with Gasteiger partial charge >= 0.3 is 5.97 Å². The average Bonchev–Trinajstić information content (AvgIpc) is 2.21. The van der Waals surface area contributed by atoms with Gasteiger partial charge in [0.1, 0.15) is 5.75 Å². The first-order valence-electron chi connectivity index (χ1n) is 5.26. The standard InChI is InChI=1S/C12H17NO3/c1-8(2)5-6-16-12(15)9-3-4-10(13)11(14)7-9/h3-4,7-8,14H,5-6,13H2,1-2H3. The molecule has 1 aromatic carbocycles. The molecule has 0 aliphatic heterocycles. The first-order valence-corrected chi connectivity index (χ1v) is 5.26. The fraction of sp³-hybridized carbons (Fsp3) is 0.417.